The molecule has 1 aliphatic carbocycles. The van der Waals surface area contributed by atoms with Crippen molar-refractivity contribution in [2.24, 2.45) is 11.8 Å². The summed E-state index contributed by atoms with van der Waals surface area (Å²) < 4.78 is 13.7. The van der Waals surface area contributed by atoms with Crippen molar-refractivity contribution in [3.8, 4) is 0 Å². The lowest BCUT2D eigenvalue weighted by Crippen LogP contribution is -2.30. The van der Waals surface area contributed by atoms with Gasteiger partial charge in [-0.25, -0.2) is 4.98 Å². The third-order valence-electron chi connectivity index (χ3n) is 4.52. The van der Waals surface area contributed by atoms with Gasteiger partial charge in [-0.1, -0.05) is 0 Å². The molecule has 2 aliphatic rings. The molecule has 0 bridgehead atoms. The highest BCUT2D eigenvalue weighted by molar-refractivity contribution is 5.03. The second kappa shape index (κ2) is 6.26. The van der Waals surface area contributed by atoms with Crippen LogP contribution in [0, 0.1) is 11.8 Å². The normalized spacial score (nSPS) is 22.5. The number of imidazole rings is 1. The van der Waals surface area contributed by atoms with Crippen LogP contribution in [0.3, 0.4) is 0 Å². The van der Waals surface area contributed by atoms with Gasteiger partial charge in [0.2, 0.25) is 0 Å². The minimum Gasteiger partial charge on any atom is -0.468 e. The molecule has 1 fully saturated rings. The molecule has 2 aromatic heterocycles. The van der Waals surface area contributed by atoms with Gasteiger partial charge in [0.25, 0.3) is 0 Å². The number of furan rings is 1. The molecule has 22 heavy (non-hydrogen) atoms. The Kier molecular flexibility index (Phi) is 3.99. The molecule has 1 unspecified atom stereocenters. The lowest BCUT2D eigenvalue weighted by molar-refractivity contribution is 0.0693. The molecular weight excluding hydrogens is 278 g/mol. The van der Waals surface area contributed by atoms with Gasteiger partial charge in [-0.2, -0.15) is 0 Å². The van der Waals surface area contributed by atoms with Gasteiger partial charge in [-0.05, 0) is 30.9 Å². The number of hydrogen-bond acceptors (Lipinski definition) is 4. The first-order valence-corrected chi connectivity index (χ1v) is 8.18. The fourth-order valence-corrected chi connectivity index (χ4v) is 3.17. The van der Waals surface area contributed by atoms with Crippen molar-refractivity contribution < 1.29 is 9.15 Å². The molecule has 118 valence electrons. The molecule has 0 spiro atoms. The maximum atomic E-state index is 5.94. The summed E-state index contributed by atoms with van der Waals surface area (Å²) in [4.78, 5) is 6.74. The molecule has 0 saturated heterocycles. The number of ether oxygens (including phenoxy) is 1. The minimum atomic E-state index is 0.504. The van der Waals surface area contributed by atoms with E-state index in [1.807, 2.05) is 24.7 Å². The van der Waals surface area contributed by atoms with Crippen LogP contribution in [0.1, 0.15) is 24.3 Å². The maximum absolute atomic E-state index is 5.94. The minimum absolute atomic E-state index is 0.504. The Morgan fingerprint density at radius 1 is 1.23 bits per heavy atom. The summed E-state index contributed by atoms with van der Waals surface area (Å²) in [5.41, 5.74) is 1.27. The monoisotopic (exact) mass is 301 g/mol. The van der Waals surface area contributed by atoms with Crippen LogP contribution in [0.25, 0.3) is 0 Å². The van der Waals surface area contributed by atoms with Gasteiger partial charge in [0.15, 0.2) is 0 Å². The fraction of sp³-hybridized carbons (Fsp3) is 0.588. The van der Waals surface area contributed by atoms with Crippen LogP contribution in [0.15, 0.2) is 35.3 Å². The van der Waals surface area contributed by atoms with Crippen molar-refractivity contribution >= 4 is 0 Å². The van der Waals surface area contributed by atoms with E-state index >= 15 is 0 Å². The highest BCUT2D eigenvalue weighted by Gasteiger charge is 2.25. The summed E-state index contributed by atoms with van der Waals surface area (Å²) >= 11 is 0. The zero-order valence-corrected chi connectivity index (χ0v) is 12.9. The molecule has 1 aliphatic heterocycles. The molecule has 0 N–H and O–H groups in total. The summed E-state index contributed by atoms with van der Waals surface area (Å²) in [7, 11) is 0. The SMILES string of the molecule is c1coc(CN2Cc3cncn3CC(COCC3CC3)C2)c1. The standard InChI is InChI=1S/C17H23N3O2/c1-2-17(22-5-1)10-19-7-15(12-21-11-14-3-4-14)8-20-13-18-6-16(20)9-19/h1-2,5-6,13-15H,3-4,7-12H2. The molecule has 1 atom stereocenters. The number of rotatable bonds is 6. The molecule has 0 amide bonds. The van der Waals surface area contributed by atoms with Gasteiger partial charge in [0.05, 0.1) is 31.4 Å². The van der Waals surface area contributed by atoms with Gasteiger partial charge < -0.3 is 13.7 Å². The van der Waals surface area contributed by atoms with E-state index < -0.39 is 0 Å². The Labute approximate surface area is 130 Å². The zero-order valence-electron chi connectivity index (χ0n) is 12.9. The van der Waals surface area contributed by atoms with E-state index in [1.165, 1.54) is 18.5 Å². The number of nitrogens with zero attached hydrogens (tertiary/aromatic N) is 3. The predicted octanol–water partition coefficient (Wildman–Crippen LogP) is 2.53. The summed E-state index contributed by atoms with van der Waals surface area (Å²) in [6, 6.07) is 3.99. The highest BCUT2D eigenvalue weighted by atomic mass is 16.5. The van der Waals surface area contributed by atoms with Crippen LogP contribution < -0.4 is 0 Å². The Morgan fingerprint density at radius 2 is 2.14 bits per heavy atom. The van der Waals surface area contributed by atoms with Gasteiger partial charge in [-0.15, -0.1) is 0 Å². The summed E-state index contributed by atoms with van der Waals surface area (Å²) in [6.07, 6.45) is 8.36. The molecule has 5 heteroatoms. The molecule has 3 heterocycles. The lowest BCUT2D eigenvalue weighted by atomic mass is 10.1. The summed E-state index contributed by atoms with van der Waals surface area (Å²) in [5.74, 6) is 2.35. The average molecular weight is 301 g/mol. The van der Waals surface area contributed by atoms with Crippen LogP contribution in [0.4, 0.5) is 0 Å². The second-order valence-corrected chi connectivity index (χ2v) is 6.63. The Hall–Kier alpha value is -1.59. The molecule has 5 nitrogen and oxygen atoms in total. The molecular formula is C17H23N3O2. The molecule has 0 radical (unpaired) electrons. The molecule has 0 aromatic carbocycles. The van der Waals surface area contributed by atoms with E-state index in [0.29, 0.717) is 5.92 Å². The van der Waals surface area contributed by atoms with Crippen LogP contribution in [-0.2, 0) is 24.4 Å². The van der Waals surface area contributed by atoms with Crippen LogP contribution in [0.5, 0.6) is 0 Å². The number of fused-ring (bicyclic) bond motifs is 1. The van der Waals surface area contributed by atoms with Crippen LogP contribution in [-0.4, -0.2) is 34.2 Å². The van der Waals surface area contributed by atoms with Crippen molar-refractivity contribution in [2.45, 2.75) is 32.5 Å². The van der Waals surface area contributed by atoms with Crippen molar-refractivity contribution in [2.75, 3.05) is 19.8 Å². The van der Waals surface area contributed by atoms with Gasteiger partial charge in [0.1, 0.15) is 5.76 Å². The average Bonchev–Trinajstić information content (AvgIpc) is 3.06. The zero-order chi connectivity index (χ0) is 14.8. The van der Waals surface area contributed by atoms with E-state index in [2.05, 4.69) is 14.5 Å². The van der Waals surface area contributed by atoms with Crippen molar-refractivity contribution in [1.29, 1.82) is 0 Å². The largest absolute Gasteiger partial charge is 0.468 e. The van der Waals surface area contributed by atoms with Gasteiger partial charge >= 0.3 is 0 Å². The second-order valence-electron chi connectivity index (χ2n) is 6.63. The van der Waals surface area contributed by atoms with E-state index in [9.17, 15) is 0 Å². The molecule has 1 saturated carbocycles. The van der Waals surface area contributed by atoms with Gasteiger partial charge in [-0.3, -0.25) is 4.90 Å². The van der Waals surface area contributed by atoms with E-state index in [4.69, 9.17) is 9.15 Å². The third-order valence-corrected chi connectivity index (χ3v) is 4.52. The first kappa shape index (κ1) is 14.0. The molecule has 2 aromatic rings. The fourth-order valence-electron chi connectivity index (χ4n) is 3.17. The number of hydrogen-bond donors (Lipinski definition) is 0. The highest BCUT2D eigenvalue weighted by Crippen LogP contribution is 2.29. The first-order chi connectivity index (χ1) is 10.9. The summed E-state index contributed by atoms with van der Waals surface area (Å²) in [6.45, 7) is 5.56. The smallest absolute Gasteiger partial charge is 0.117 e. The first-order valence-electron chi connectivity index (χ1n) is 8.18. The van der Waals surface area contributed by atoms with E-state index in [0.717, 1.165) is 51.1 Å². The Balaban J connectivity index is 1.42. The lowest BCUT2D eigenvalue weighted by Gasteiger charge is -2.23. The molecule has 4 rings (SSSR count). The van der Waals surface area contributed by atoms with Crippen molar-refractivity contribution in [3.05, 3.63) is 42.4 Å². The maximum Gasteiger partial charge on any atom is 0.117 e. The van der Waals surface area contributed by atoms with Crippen molar-refractivity contribution in [3.63, 3.8) is 0 Å². The van der Waals surface area contributed by atoms with Gasteiger partial charge in [0, 0.05) is 38.4 Å². The topological polar surface area (TPSA) is 43.4 Å². The Morgan fingerprint density at radius 3 is 2.95 bits per heavy atom. The summed E-state index contributed by atoms with van der Waals surface area (Å²) in [5, 5.41) is 0. The number of aromatic nitrogens is 2. The van der Waals surface area contributed by atoms with Crippen LogP contribution >= 0.6 is 0 Å². The van der Waals surface area contributed by atoms with E-state index in [1.54, 1.807) is 6.26 Å². The Bertz CT molecular complexity index is 589. The third kappa shape index (κ3) is 3.42. The van der Waals surface area contributed by atoms with Crippen LogP contribution in [0.2, 0.25) is 0 Å². The van der Waals surface area contributed by atoms with E-state index in [-0.39, 0.29) is 0 Å². The predicted molar refractivity (Wildman–Crippen MR) is 82.1 cm³/mol. The quantitative estimate of drug-likeness (QED) is 0.822. The van der Waals surface area contributed by atoms with Crippen molar-refractivity contribution in [1.82, 2.24) is 14.5 Å².